The van der Waals surface area contributed by atoms with Crippen LogP contribution in [0.4, 0.5) is 0 Å². The summed E-state index contributed by atoms with van der Waals surface area (Å²) in [5.74, 6) is 0.833. The van der Waals surface area contributed by atoms with Crippen molar-refractivity contribution in [2.24, 2.45) is 22.7 Å². The van der Waals surface area contributed by atoms with Gasteiger partial charge < -0.3 is 4.74 Å². The highest BCUT2D eigenvalue weighted by Gasteiger charge is 2.52. The summed E-state index contributed by atoms with van der Waals surface area (Å²) in [5, 5.41) is 0. The van der Waals surface area contributed by atoms with Crippen LogP contribution in [0.25, 0.3) is 0 Å². The van der Waals surface area contributed by atoms with E-state index in [9.17, 15) is 4.79 Å². The third-order valence-corrected chi connectivity index (χ3v) is 5.07. The minimum atomic E-state index is -0.180. The summed E-state index contributed by atoms with van der Waals surface area (Å²) in [5.41, 5.74) is 0.496. The molecule has 0 radical (unpaired) electrons. The topological polar surface area (TPSA) is 26.3 Å². The monoisotopic (exact) mass is 262 g/mol. The van der Waals surface area contributed by atoms with Crippen molar-refractivity contribution < 1.29 is 9.53 Å². The normalized spacial score (nSPS) is 36.8. The van der Waals surface area contributed by atoms with Crippen LogP contribution in [-0.2, 0) is 9.53 Å². The molecule has 0 heterocycles. The molecule has 3 aliphatic rings. The maximum atomic E-state index is 11.3. The average Bonchev–Trinajstić information content (AvgIpc) is 2.25. The van der Waals surface area contributed by atoms with Gasteiger partial charge in [-0.3, -0.25) is 4.79 Å². The summed E-state index contributed by atoms with van der Waals surface area (Å²) in [6.07, 6.45) is 9.61. The fraction of sp³-hybridized carbons (Fsp3) is 0.706. The Hall–Kier alpha value is -1.05. The number of fused-ring (bicyclic) bond motifs is 2. The van der Waals surface area contributed by atoms with E-state index in [1.165, 1.54) is 13.3 Å². The lowest BCUT2D eigenvalue weighted by Crippen LogP contribution is -2.50. The number of carbonyl (C=O) groups excluding carboxylic acids is 1. The average molecular weight is 262 g/mol. The van der Waals surface area contributed by atoms with Crippen molar-refractivity contribution in [2.45, 2.75) is 53.1 Å². The zero-order valence-electron chi connectivity index (χ0n) is 12.6. The van der Waals surface area contributed by atoms with E-state index in [1.807, 2.05) is 6.08 Å². The third-order valence-electron chi connectivity index (χ3n) is 5.07. The predicted molar refractivity (Wildman–Crippen MR) is 77.6 cm³/mol. The zero-order valence-corrected chi connectivity index (χ0v) is 12.6. The highest BCUT2D eigenvalue weighted by molar-refractivity contribution is 5.66. The van der Waals surface area contributed by atoms with Gasteiger partial charge in [-0.25, -0.2) is 0 Å². The third kappa shape index (κ3) is 2.63. The number of esters is 1. The summed E-state index contributed by atoms with van der Waals surface area (Å²) in [4.78, 5) is 11.3. The SMILES string of the molecule is C=CCC(OC(C)=O)[C@H]1C[C@H]2C=C[C@]1(C)CC2(C)C. The molecule has 3 rings (SSSR count). The molecule has 0 aromatic heterocycles. The summed E-state index contributed by atoms with van der Waals surface area (Å²) in [7, 11) is 0. The van der Waals surface area contributed by atoms with Gasteiger partial charge in [-0.15, -0.1) is 6.58 Å². The van der Waals surface area contributed by atoms with E-state index in [1.54, 1.807) is 0 Å². The van der Waals surface area contributed by atoms with Crippen molar-refractivity contribution in [2.75, 3.05) is 0 Å². The Morgan fingerprint density at radius 3 is 2.68 bits per heavy atom. The zero-order chi connectivity index (χ0) is 14.3. The van der Waals surface area contributed by atoms with Crippen molar-refractivity contribution in [1.82, 2.24) is 0 Å². The molecular formula is C17H26O2. The van der Waals surface area contributed by atoms with Crippen LogP contribution in [0.2, 0.25) is 0 Å². The smallest absolute Gasteiger partial charge is 0.302 e. The van der Waals surface area contributed by atoms with Crippen LogP contribution in [0, 0.1) is 22.7 Å². The Morgan fingerprint density at radius 2 is 2.21 bits per heavy atom. The van der Waals surface area contributed by atoms with Gasteiger partial charge in [0, 0.05) is 19.3 Å². The van der Waals surface area contributed by atoms with Crippen molar-refractivity contribution in [3.8, 4) is 0 Å². The Morgan fingerprint density at radius 1 is 1.53 bits per heavy atom. The highest BCUT2D eigenvalue weighted by Crippen LogP contribution is 2.58. The molecule has 1 fully saturated rings. The molecule has 4 atom stereocenters. The Bertz CT molecular complexity index is 407. The van der Waals surface area contributed by atoms with Gasteiger partial charge >= 0.3 is 5.97 Å². The molecule has 0 N–H and O–H groups in total. The highest BCUT2D eigenvalue weighted by atomic mass is 16.5. The second-order valence-electron chi connectivity index (χ2n) is 7.15. The second kappa shape index (κ2) is 4.81. The molecule has 19 heavy (non-hydrogen) atoms. The lowest BCUT2D eigenvalue weighted by Gasteiger charge is -2.56. The van der Waals surface area contributed by atoms with Crippen molar-refractivity contribution in [3.05, 3.63) is 24.8 Å². The quantitative estimate of drug-likeness (QED) is 0.562. The van der Waals surface area contributed by atoms with E-state index in [0.717, 1.165) is 12.8 Å². The first-order valence-corrected chi connectivity index (χ1v) is 7.26. The molecule has 0 spiro atoms. The van der Waals surface area contributed by atoms with Crippen LogP contribution in [0.15, 0.2) is 24.8 Å². The van der Waals surface area contributed by atoms with Crippen LogP contribution < -0.4 is 0 Å². The minimum absolute atomic E-state index is 0.0245. The molecule has 0 amide bonds. The molecule has 2 nitrogen and oxygen atoms in total. The standard InChI is InChI=1S/C17H26O2/c1-6-7-15(19-12(2)18)14-10-13-8-9-17(14,5)11-16(13,3)4/h6,8-9,13-15H,1,7,10-11H2,2-5H3/t13-,14-,15?,17-/m1/s1. The summed E-state index contributed by atoms with van der Waals surface area (Å²) in [6.45, 7) is 12.3. The molecule has 0 aromatic rings. The molecular weight excluding hydrogens is 236 g/mol. The molecule has 0 saturated heterocycles. The van der Waals surface area contributed by atoms with Crippen molar-refractivity contribution >= 4 is 5.97 Å². The van der Waals surface area contributed by atoms with Crippen LogP contribution in [-0.4, -0.2) is 12.1 Å². The van der Waals surface area contributed by atoms with Crippen LogP contribution in [0.5, 0.6) is 0 Å². The lowest BCUT2D eigenvalue weighted by atomic mass is 9.50. The summed E-state index contributed by atoms with van der Waals surface area (Å²) in [6, 6.07) is 0. The molecule has 2 heteroatoms. The van der Waals surface area contributed by atoms with Crippen LogP contribution in [0.3, 0.4) is 0 Å². The first-order valence-electron chi connectivity index (χ1n) is 7.26. The maximum Gasteiger partial charge on any atom is 0.302 e. The number of hydrogen-bond donors (Lipinski definition) is 0. The second-order valence-corrected chi connectivity index (χ2v) is 7.15. The van der Waals surface area contributed by atoms with Gasteiger partial charge in [0.2, 0.25) is 0 Å². The maximum absolute atomic E-state index is 11.3. The molecule has 2 bridgehead atoms. The number of rotatable bonds is 4. The van der Waals surface area contributed by atoms with Gasteiger partial charge in [-0.2, -0.15) is 0 Å². The predicted octanol–water partition coefficient (Wildman–Crippen LogP) is 4.12. The van der Waals surface area contributed by atoms with Gasteiger partial charge in [0.05, 0.1) is 0 Å². The first kappa shape index (κ1) is 14.4. The van der Waals surface area contributed by atoms with Gasteiger partial charge in [0.25, 0.3) is 0 Å². The van der Waals surface area contributed by atoms with E-state index in [4.69, 9.17) is 4.74 Å². The Labute approximate surface area is 116 Å². The Kier molecular flexibility index (Phi) is 3.63. The fourth-order valence-corrected chi connectivity index (χ4v) is 4.21. The van der Waals surface area contributed by atoms with Gasteiger partial charge in [0.1, 0.15) is 6.10 Å². The molecule has 0 aliphatic heterocycles. The number of hydrogen-bond acceptors (Lipinski definition) is 2. The first-order chi connectivity index (χ1) is 8.78. The van der Waals surface area contributed by atoms with Crippen LogP contribution >= 0.6 is 0 Å². The van der Waals surface area contributed by atoms with E-state index in [0.29, 0.717) is 17.3 Å². The van der Waals surface area contributed by atoms with Gasteiger partial charge in [-0.05, 0) is 29.6 Å². The van der Waals surface area contributed by atoms with Gasteiger partial charge in [0.15, 0.2) is 0 Å². The van der Waals surface area contributed by atoms with E-state index in [2.05, 4.69) is 39.5 Å². The number of ether oxygens (including phenoxy) is 1. The fourth-order valence-electron chi connectivity index (χ4n) is 4.21. The summed E-state index contributed by atoms with van der Waals surface area (Å²) >= 11 is 0. The number of carbonyl (C=O) groups is 1. The molecule has 3 aliphatic carbocycles. The molecule has 0 aromatic carbocycles. The van der Waals surface area contributed by atoms with Crippen molar-refractivity contribution in [1.29, 1.82) is 0 Å². The van der Waals surface area contributed by atoms with E-state index < -0.39 is 0 Å². The Balaban J connectivity index is 2.24. The lowest BCUT2D eigenvalue weighted by molar-refractivity contribution is -0.155. The van der Waals surface area contributed by atoms with E-state index in [-0.39, 0.29) is 17.5 Å². The van der Waals surface area contributed by atoms with Crippen LogP contribution in [0.1, 0.15) is 47.0 Å². The molecule has 1 saturated carbocycles. The summed E-state index contributed by atoms with van der Waals surface area (Å²) < 4.78 is 5.57. The number of allylic oxidation sites excluding steroid dienone is 2. The van der Waals surface area contributed by atoms with E-state index >= 15 is 0 Å². The van der Waals surface area contributed by atoms with Gasteiger partial charge in [-0.1, -0.05) is 39.0 Å². The molecule has 1 unspecified atom stereocenters. The minimum Gasteiger partial charge on any atom is -0.462 e. The van der Waals surface area contributed by atoms with Crippen molar-refractivity contribution in [3.63, 3.8) is 0 Å². The largest absolute Gasteiger partial charge is 0.462 e. The molecule has 106 valence electrons.